The van der Waals surface area contributed by atoms with Crippen LogP contribution in [0, 0.1) is 13.0 Å². The summed E-state index contributed by atoms with van der Waals surface area (Å²) in [5, 5.41) is 9.58. The minimum absolute atomic E-state index is 0.182. The van der Waals surface area contributed by atoms with Crippen molar-refractivity contribution in [3.05, 3.63) is 42.8 Å². The van der Waals surface area contributed by atoms with Gasteiger partial charge >= 0.3 is 11.9 Å². The van der Waals surface area contributed by atoms with Crippen LogP contribution in [-0.4, -0.2) is 36.4 Å². The molecule has 0 heterocycles. The van der Waals surface area contributed by atoms with Crippen molar-refractivity contribution in [1.82, 2.24) is 0 Å². The molecule has 0 aromatic heterocycles. The van der Waals surface area contributed by atoms with Gasteiger partial charge in [-0.1, -0.05) is 6.58 Å². The molecular weight excluding hydrogens is 521 g/mol. The topological polar surface area (TPSA) is 72.8 Å². The first-order valence-corrected chi connectivity index (χ1v) is 8.20. The third kappa shape index (κ3) is 5.80. The fourth-order valence-electron chi connectivity index (χ4n) is 1.27. The smallest absolute Gasteiger partial charge is 0.338 e. The van der Waals surface area contributed by atoms with Crippen molar-refractivity contribution in [2.24, 2.45) is 0 Å². The predicted octanol–water partition coefficient (Wildman–Crippen LogP) is 2.67. The molecule has 1 N–H and O–H groups in total. The monoisotopic (exact) mass is 534 g/mol. The van der Waals surface area contributed by atoms with E-state index in [1.807, 2.05) is 0 Å². The molecule has 0 spiro atoms. The molecular formula is C14H13FI2O5. The van der Waals surface area contributed by atoms with Gasteiger partial charge in [-0.25, -0.2) is 14.0 Å². The Morgan fingerprint density at radius 2 is 1.77 bits per heavy atom. The number of ether oxygens (including phenoxy) is 2. The second kappa shape index (κ2) is 8.77. The van der Waals surface area contributed by atoms with Gasteiger partial charge in [0.05, 0.1) is 12.7 Å². The fraction of sp³-hybridized carbons (Fsp3) is 0.286. The molecule has 0 amide bonds. The first-order valence-electron chi connectivity index (χ1n) is 6.04. The maximum atomic E-state index is 13.5. The van der Waals surface area contributed by atoms with Gasteiger partial charge in [0, 0.05) is 5.57 Å². The van der Waals surface area contributed by atoms with Gasteiger partial charge in [0.15, 0.2) is 0 Å². The summed E-state index contributed by atoms with van der Waals surface area (Å²) >= 11 is 3.55. The van der Waals surface area contributed by atoms with E-state index < -0.39 is 23.9 Å². The molecule has 1 rings (SSSR count). The van der Waals surface area contributed by atoms with Crippen LogP contribution in [0.3, 0.4) is 0 Å². The number of benzene rings is 1. The molecule has 0 saturated heterocycles. The molecule has 22 heavy (non-hydrogen) atoms. The highest BCUT2D eigenvalue weighted by atomic mass is 127. The average Bonchev–Trinajstić information content (AvgIpc) is 2.46. The molecule has 0 aliphatic carbocycles. The molecule has 1 unspecified atom stereocenters. The standard InChI is InChI=1S/C14H13FI2O5/c1-7(2)13(19)21-5-9(18)6-22-14(20)8-3-10(16)12(15)11(17)4-8/h3-4,9,18H,1,5-6H2,2H3. The summed E-state index contributed by atoms with van der Waals surface area (Å²) in [6, 6.07) is 2.71. The minimum atomic E-state index is -1.15. The summed E-state index contributed by atoms with van der Waals surface area (Å²) in [6.45, 7) is 4.23. The summed E-state index contributed by atoms with van der Waals surface area (Å²) < 4.78 is 23.7. The van der Waals surface area contributed by atoms with Crippen LogP contribution in [0.1, 0.15) is 17.3 Å². The van der Waals surface area contributed by atoms with Crippen molar-refractivity contribution < 1.29 is 28.6 Å². The lowest BCUT2D eigenvalue weighted by Crippen LogP contribution is -2.25. The highest BCUT2D eigenvalue weighted by molar-refractivity contribution is 14.1. The van der Waals surface area contributed by atoms with Gasteiger partial charge in [0.25, 0.3) is 0 Å². The summed E-state index contributed by atoms with van der Waals surface area (Å²) in [6.07, 6.45) is -1.15. The number of hydrogen-bond acceptors (Lipinski definition) is 5. The van der Waals surface area contributed by atoms with Crippen molar-refractivity contribution in [3.8, 4) is 0 Å². The molecule has 120 valence electrons. The van der Waals surface area contributed by atoms with E-state index in [-0.39, 0.29) is 24.4 Å². The van der Waals surface area contributed by atoms with E-state index in [4.69, 9.17) is 9.47 Å². The van der Waals surface area contributed by atoms with Gasteiger partial charge in [-0.05, 0) is 64.2 Å². The number of halogens is 3. The van der Waals surface area contributed by atoms with Crippen LogP contribution >= 0.6 is 45.2 Å². The van der Waals surface area contributed by atoms with Gasteiger partial charge in [-0.15, -0.1) is 0 Å². The third-order valence-electron chi connectivity index (χ3n) is 2.38. The van der Waals surface area contributed by atoms with Crippen LogP contribution in [0.25, 0.3) is 0 Å². The van der Waals surface area contributed by atoms with Gasteiger partial charge in [0.2, 0.25) is 0 Å². The lowest BCUT2D eigenvalue weighted by atomic mass is 10.2. The summed E-state index contributed by atoms with van der Waals surface area (Å²) in [5.74, 6) is -1.72. The maximum Gasteiger partial charge on any atom is 0.338 e. The molecule has 8 heteroatoms. The quantitative estimate of drug-likeness (QED) is 0.263. The second-order valence-corrected chi connectivity index (χ2v) is 6.71. The Hall–Kier alpha value is -0.750. The first-order chi connectivity index (χ1) is 10.2. The first kappa shape index (κ1) is 19.3. The molecule has 0 saturated carbocycles. The van der Waals surface area contributed by atoms with Gasteiger partial charge in [-0.2, -0.15) is 0 Å². The van der Waals surface area contributed by atoms with Gasteiger partial charge < -0.3 is 14.6 Å². The van der Waals surface area contributed by atoms with E-state index in [1.165, 1.54) is 19.1 Å². The summed E-state index contributed by atoms with van der Waals surface area (Å²) in [7, 11) is 0. The Labute approximate surface area is 154 Å². The second-order valence-electron chi connectivity index (χ2n) is 4.38. The van der Waals surface area contributed by atoms with Crippen LogP contribution in [0.4, 0.5) is 4.39 Å². The van der Waals surface area contributed by atoms with Crippen molar-refractivity contribution in [3.63, 3.8) is 0 Å². The Morgan fingerprint density at radius 3 is 2.27 bits per heavy atom. The lowest BCUT2D eigenvalue weighted by Gasteiger charge is -2.12. The number of hydrogen-bond donors (Lipinski definition) is 1. The number of esters is 2. The Kier molecular flexibility index (Phi) is 7.69. The molecule has 0 aliphatic heterocycles. The fourth-order valence-corrected chi connectivity index (χ4v) is 3.04. The minimum Gasteiger partial charge on any atom is -0.459 e. The molecule has 0 bridgehead atoms. The summed E-state index contributed by atoms with van der Waals surface area (Å²) in [5.41, 5.74) is 0.390. The average molecular weight is 534 g/mol. The highest BCUT2D eigenvalue weighted by Gasteiger charge is 2.16. The van der Waals surface area contributed by atoms with Crippen molar-refractivity contribution >= 4 is 57.1 Å². The van der Waals surface area contributed by atoms with E-state index in [1.54, 1.807) is 45.2 Å². The molecule has 1 aromatic rings. The van der Waals surface area contributed by atoms with Gasteiger partial charge in [0.1, 0.15) is 25.1 Å². The number of carbonyl (C=O) groups excluding carboxylic acids is 2. The van der Waals surface area contributed by atoms with E-state index in [9.17, 15) is 19.1 Å². The Bertz CT molecular complexity index is 580. The molecule has 0 radical (unpaired) electrons. The van der Waals surface area contributed by atoms with Crippen LogP contribution in [0.5, 0.6) is 0 Å². The predicted molar refractivity (Wildman–Crippen MR) is 93.9 cm³/mol. The number of aliphatic hydroxyl groups is 1. The van der Waals surface area contributed by atoms with Crippen molar-refractivity contribution in [2.45, 2.75) is 13.0 Å². The number of aliphatic hydroxyl groups excluding tert-OH is 1. The Morgan fingerprint density at radius 1 is 1.27 bits per heavy atom. The molecule has 5 nitrogen and oxygen atoms in total. The normalized spacial score (nSPS) is 11.7. The Balaban J connectivity index is 2.52. The molecule has 1 aromatic carbocycles. The zero-order valence-corrected chi connectivity index (χ0v) is 15.9. The molecule has 1 atom stereocenters. The van der Waals surface area contributed by atoms with Crippen molar-refractivity contribution in [2.75, 3.05) is 13.2 Å². The zero-order valence-electron chi connectivity index (χ0n) is 11.6. The van der Waals surface area contributed by atoms with Crippen LogP contribution in [0.15, 0.2) is 24.3 Å². The number of rotatable bonds is 6. The van der Waals surface area contributed by atoms with Gasteiger partial charge in [-0.3, -0.25) is 0 Å². The number of carbonyl (C=O) groups is 2. The van der Waals surface area contributed by atoms with E-state index in [0.29, 0.717) is 7.14 Å². The SMILES string of the molecule is C=C(C)C(=O)OCC(O)COC(=O)c1cc(I)c(F)c(I)c1. The van der Waals surface area contributed by atoms with Crippen LogP contribution in [0.2, 0.25) is 0 Å². The van der Waals surface area contributed by atoms with Crippen LogP contribution in [-0.2, 0) is 14.3 Å². The largest absolute Gasteiger partial charge is 0.459 e. The summed E-state index contributed by atoms with van der Waals surface area (Å²) in [4.78, 5) is 23.0. The van der Waals surface area contributed by atoms with E-state index in [0.717, 1.165) is 0 Å². The highest BCUT2D eigenvalue weighted by Crippen LogP contribution is 2.20. The van der Waals surface area contributed by atoms with E-state index in [2.05, 4.69) is 6.58 Å². The lowest BCUT2D eigenvalue weighted by molar-refractivity contribution is -0.142. The van der Waals surface area contributed by atoms with E-state index >= 15 is 0 Å². The molecule has 0 fully saturated rings. The maximum absolute atomic E-state index is 13.5. The third-order valence-corrected chi connectivity index (χ3v) is 3.95. The van der Waals surface area contributed by atoms with Crippen molar-refractivity contribution in [1.29, 1.82) is 0 Å². The van der Waals surface area contributed by atoms with Crippen LogP contribution < -0.4 is 0 Å². The zero-order chi connectivity index (χ0) is 16.9. The molecule has 0 aliphatic rings.